The summed E-state index contributed by atoms with van der Waals surface area (Å²) in [4.78, 5) is 4.52. The lowest BCUT2D eigenvalue weighted by molar-refractivity contribution is 1.42. The van der Waals surface area contributed by atoms with Crippen LogP contribution in [-0.4, -0.2) is 4.98 Å². The van der Waals surface area contributed by atoms with Gasteiger partial charge in [-0.05, 0) is 6.04 Å². The van der Waals surface area contributed by atoms with E-state index in [1.54, 1.807) is 5.51 Å². The molecule has 2 nitrogen and oxygen atoms in total. The van der Waals surface area contributed by atoms with Gasteiger partial charge in [0, 0.05) is 17.4 Å². The number of rotatable bonds is 1. The van der Waals surface area contributed by atoms with E-state index in [9.17, 15) is 0 Å². The molecule has 60 valence electrons. The van der Waals surface area contributed by atoms with Crippen LogP contribution in [0.5, 0.6) is 0 Å². The third-order valence-corrected chi connectivity index (χ3v) is 2.19. The molecular formula is C9H8N2S. The maximum Gasteiger partial charge on any atom is 0.0797 e. The first-order valence-electron chi connectivity index (χ1n) is 5.28. The Morgan fingerprint density at radius 2 is 2.25 bits per heavy atom. The quantitative estimate of drug-likeness (QED) is 0.684. The van der Waals surface area contributed by atoms with Gasteiger partial charge in [-0.15, -0.1) is 11.3 Å². The minimum Gasteiger partial charge on any atom is -0.398 e. The second-order valence-electron chi connectivity index (χ2n) is 2.15. The molecule has 2 N–H and O–H groups in total. The van der Waals surface area contributed by atoms with Gasteiger partial charge in [0.15, 0.2) is 0 Å². The number of thiazole rings is 1. The van der Waals surface area contributed by atoms with E-state index in [4.69, 9.17) is 11.2 Å². The highest BCUT2D eigenvalue weighted by atomic mass is 32.1. The molecule has 1 aromatic carbocycles. The minimum atomic E-state index is -0.309. The lowest BCUT2D eigenvalue weighted by Crippen LogP contribution is -1.86. The summed E-state index contributed by atoms with van der Waals surface area (Å²) in [7, 11) is 0. The van der Waals surface area contributed by atoms with Gasteiger partial charge in [-0.25, -0.2) is 0 Å². The molecule has 0 bridgehead atoms. The number of nitrogen functional groups attached to an aromatic ring is 1. The number of hydrogen-bond acceptors (Lipinski definition) is 3. The Morgan fingerprint density at radius 1 is 1.42 bits per heavy atom. The SMILES string of the molecule is [2H]c1c([2H])c([2H])c(-c2cncs2)c(N)c1[2H]. The number of benzene rings is 1. The van der Waals surface area contributed by atoms with Crippen molar-refractivity contribution < 1.29 is 5.48 Å². The van der Waals surface area contributed by atoms with Crippen LogP contribution >= 0.6 is 11.3 Å². The van der Waals surface area contributed by atoms with E-state index >= 15 is 0 Å². The third kappa shape index (κ3) is 1.19. The van der Waals surface area contributed by atoms with Gasteiger partial charge in [0.25, 0.3) is 0 Å². The topological polar surface area (TPSA) is 38.9 Å². The van der Waals surface area contributed by atoms with E-state index in [0.717, 1.165) is 0 Å². The van der Waals surface area contributed by atoms with E-state index in [-0.39, 0.29) is 29.9 Å². The van der Waals surface area contributed by atoms with Crippen LogP contribution in [-0.2, 0) is 0 Å². The van der Waals surface area contributed by atoms with Crippen molar-refractivity contribution in [1.82, 2.24) is 4.98 Å². The number of para-hydroxylation sites is 1. The summed E-state index contributed by atoms with van der Waals surface area (Å²) in [5.74, 6) is 0. The molecule has 2 rings (SSSR count). The molecule has 0 saturated carbocycles. The highest BCUT2D eigenvalue weighted by Crippen LogP contribution is 2.27. The van der Waals surface area contributed by atoms with Crippen molar-refractivity contribution in [2.75, 3.05) is 5.73 Å². The predicted octanol–water partition coefficient (Wildman–Crippen LogP) is 2.39. The summed E-state index contributed by atoms with van der Waals surface area (Å²) in [6, 6.07) is -0.912. The Hall–Kier alpha value is -1.35. The van der Waals surface area contributed by atoms with Crippen molar-refractivity contribution in [3.63, 3.8) is 0 Å². The molecular weight excluding hydrogens is 168 g/mol. The fraction of sp³-hybridized carbons (Fsp3) is 0. The zero-order valence-electron chi connectivity index (χ0n) is 10.1. The summed E-state index contributed by atoms with van der Waals surface area (Å²) in [6.07, 6.45) is 1.54. The first kappa shape index (κ1) is 4.05. The van der Waals surface area contributed by atoms with Gasteiger partial charge in [0.05, 0.1) is 15.9 Å². The average molecular weight is 180 g/mol. The van der Waals surface area contributed by atoms with Crippen molar-refractivity contribution in [2.24, 2.45) is 0 Å². The molecule has 0 radical (unpaired) electrons. The molecule has 12 heavy (non-hydrogen) atoms. The van der Waals surface area contributed by atoms with Crippen LogP contribution in [0.25, 0.3) is 10.4 Å². The lowest BCUT2D eigenvalue weighted by atomic mass is 10.1. The first-order chi connectivity index (χ1) is 7.54. The number of nitrogens with two attached hydrogens (primary N) is 1. The van der Waals surface area contributed by atoms with Gasteiger partial charge in [-0.1, -0.05) is 18.1 Å². The highest BCUT2D eigenvalue weighted by molar-refractivity contribution is 7.13. The van der Waals surface area contributed by atoms with Crippen molar-refractivity contribution in [3.8, 4) is 10.4 Å². The van der Waals surface area contributed by atoms with Gasteiger partial charge >= 0.3 is 0 Å². The Bertz CT molecular complexity index is 510. The Kier molecular flexibility index (Phi) is 0.995. The Labute approximate surface area is 80.3 Å². The van der Waals surface area contributed by atoms with E-state index in [2.05, 4.69) is 4.98 Å². The normalized spacial score (nSPS) is 14.7. The molecule has 0 aliphatic carbocycles. The fourth-order valence-corrected chi connectivity index (χ4v) is 1.49. The van der Waals surface area contributed by atoms with Crippen LogP contribution in [0.1, 0.15) is 5.48 Å². The summed E-state index contributed by atoms with van der Waals surface area (Å²) in [5, 5.41) is 0. The van der Waals surface area contributed by atoms with Crippen LogP contribution in [0.4, 0.5) is 5.69 Å². The maximum atomic E-state index is 7.76. The molecule has 0 aliphatic rings. The fourth-order valence-electron chi connectivity index (χ4n) is 0.856. The van der Waals surface area contributed by atoms with Crippen LogP contribution < -0.4 is 5.73 Å². The van der Waals surface area contributed by atoms with E-state index < -0.39 is 0 Å². The van der Waals surface area contributed by atoms with Crippen molar-refractivity contribution in [2.45, 2.75) is 0 Å². The summed E-state index contributed by atoms with van der Waals surface area (Å²) >= 11 is 1.29. The summed E-state index contributed by atoms with van der Waals surface area (Å²) in [5.41, 5.74) is 7.70. The minimum absolute atomic E-state index is 0.0650. The molecule has 0 amide bonds. The molecule has 1 aromatic heterocycles. The molecule has 1 heterocycles. The maximum absolute atomic E-state index is 7.76. The second-order valence-corrected chi connectivity index (χ2v) is 3.04. The molecule has 0 fully saturated rings. The van der Waals surface area contributed by atoms with Gasteiger partial charge in [0.2, 0.25) is 0 Å². The number of hydrogen-bond donors (Lipinski definition) is 1. The summed E-state index contributed by atoms with van der Waals surface area (Å²) < 4.78 is 30.4. The smallest absolute Gasteiger partial charge is 0.0797 e. The largest absolute Gasteiger partial charge is 0.398 e. The molecule has 0 spiro atoms. The Balaban J connectivity index is 2.81. The van der Waals surface area contributed by atoms with E-state index in [1.807, 2.05) is 0 Å². The molecule has 0 aliphatic heterocycles. The zero-order valence-corrected chi connectivity index (χ0v) is 6.90. The Morgan fingerprint density at radius 3 is 3.00 bits per heavy atom. The lowest BCUT2D eigenvalue weighted by Gasteiger charge is -1.99. The molecule has 0 unspecified atom stereocenters. The molecule has 0 atom stereocenters. The van der Waals surface area contributed by atoms with E-state index in [0.29, 0.717) is 10.4 Å². The number of anilines is 1. The van der Waals surface area contributed by atoms with Crippen LogP contribution in [0, 0.1) is 0 Å². The van der Waals surface area contributed by atoms with Gasteiger partial charge in [0.1, 0.15) is 0 Å². The molecule has 2 aromatic rings. The van der Waals surface area contributed by atoms with Crippen molar-refractivity contribution >= 4 is 17.0 Å². The standard InChI is InChI=1S/C9H8N2S/c10-8-4-2-1-3-7(8)9-5-11-6-12-9/h1-6H,10H2/i1D,2D,3D,4D. The average Bonchev–Trinajstić information content (AvgIpc) is 2.77. The predicted molar refractivity (Wildman–Crippen MR) is 52.0 cm³/mol. The van der Waals surface area contributed by atoms with E-state index in [1.165, 1.54) is 17.5 Å². The van der Waals surface area contributed by atoms with Crippen LogP contribution in [0.2, 0.25) is 0 Å². The third-order valence-electron chi connectivity index (χ3n) is 1.40. The van der Waals surface area contributed by atoms with Gasteiger partial charge < -0.3 is 5.73 Å². The van der Waals surface area contributed by atoms with Crippen LogP contribution in [0.15, 0.2) is 35.9 Å². The van der Waals surface area contributed by atoms with Gasteiger partial charge in [-0.3, -0.25) is 4.98 Å². The second kappa shape index (κ2) is 2.95. The van der Waals surface area contributed by atoms with Crippen molar-refractivity contribution in [3.05, 3.63) is 35.9 Å². The summed E-state index contributed by atoms with van der Waals surface area (Å²) in [6.45, 7) is 0. The molecule has 3 heteroatoms. The monoisotopic (exact) mass is 180 g/mol. The molecule has 0 saturated heterocycles. The number of aromatic nitrogens is 1. The highest BCUT2D eigenvalue weighted by Gasteiger charge is 2.01. The van der Waals surface area contributed by atoms with Crippen LogP contribution in [0.3, 0.4) is 0 Å². The zero-order chi connectivity index (χ0) is 11.9. The number of nitrogens with zero attached hydrogens (tertiary/aromatic N) is 1. The van der Waals surface area contributed by atoms with Crippen molar-refractivity contribution in [1.29, 1.82) is 0 Å². The first-order valence-corrected chi connectivity index (χ1v) is 4.16. The van der Waals surface area contributed by atoms with Gasteiger partial charge in [-0.2, -0.15) is 0 Å².